The number of hydrogen-bond acceptors (Lipinski definition) is 10. The normalized spacial score (nSPS) is 16.7. The van der Waals surface area contributed by atoms with Gasteiger partial charge in [0.2, 0.25) is 0 Å². The number of carbonyl (C=O) groups excluding carboxylic acids is 1. The zero-order valence-corrected chi connectivity index (χ0v) is 30.6. The number of ether oxygens (including phenoxy) is 3. The summed E-state index contributed by atoms with van der Waals surface area (Å²) in [6.07, 6.45) is -2.82. The summed E-state index contributed by atoms with van der Waals surface area (Å²) in [5.41, 5.74) is 0.833. The molecule has 1 saturated heterocycles. The van der Waals surface area contributed by atoms with Crippen LogP contribution in [0.5, 0.6) is 5.75 Å². The number of aliphatic hydroxyl groups is 1. The van der Waals surface area contributed by atoms with Crippen molar-refractivity contribution in [1.82, 2.24) is 9.47 Å². The maximum Gasteiger partial charge on any atom is 0.410 e. The molecule has 3 aromatic rings. The van der Waals surface area contributed by atoms with Crippen molar-refractivity contribution in [2.75, 3.05) is 69.6 Å². The molecule has 1 aromatic heterocycles. The Morgan fingerprint density at radius 2 is 1.79 bits per heavy atom. The molecule has 0 saturated carbocycles. The Balaban J connectivity index is 1.55. The molecule has 1 aliphatic heterocycles. The van der Waals surface area contributed by atoms with Crippen molar-refractivity contribution in [3.8, 4) is 17.6 Å². The van der Waals surface area contributed by atoms with Crippen molar-refractivity contribution in [3.05, 3.63) is 48.2 Å². The molecule has 1 amide bonds. The summed E-state index contributed by atoms with van der Waals surface area (Å²) < 4.78 is 82.8. The Morgan fingerprint density at radius 3 is 2.44 bits per heavy atom. The van der Waals surface area contributed by atoms with E-state index in [0.717, 1.165) is 10.8 Å². The molecular formula is C36H47F3N4O8S. The van der Waals surface area contributed by atoms with Crippen LogP contribution in [0.25, 0.3) is 10.9 Å². The van der Waals surface area contributed by atoms with E-state index in [2.05, 4.69) is 22.5 Å². The van der Waals surface area contributed by atoms with E-state index in [0.29, 0.717) is 68.0 Å². The van der Waals surface area contributed by atoms with Gasteiger partial charge in [-0.1, -0.05) is 12.0 Å². The molecule has 2 aromatic carbocycles. The Hall–Kier alpha value is -4.17. The SMILES string of the molecule is CC(C)(C)OC(=O)N1CCC(Nc2cccc3c2cc(C#CCNc2ccc(S(C)(=O)=O)c(O)c2)n3CC(F)(F)F)C(CCOCCOCCO)C1. The van der Waals surface area contributed by atoms with Crippen LogP contribution in [0.1, 0.15) is 39.3 Å². The highest BCUT2D eigenvalue weighted by molar-refractivity contribution is 7.90. The van der Waals surface area contributed by atoms with Crippen molar-refractivity contribution < 1.29 is 50.8 Å². The van der Waals surface area contributed by atoms with Crippen LogP contribution in [0.3, 0.4) is 0 Å². The van der Waals surface area contributed by atoms with E-state index >= 15 is 0 Å². The number of amides is 1. The highest BCUT2D eigenvalue weighted by Gasteiger charge is 2.34. The molecule has 0 radical (unpaired) electrons. The molecule has 4 rings (SSSR count). The fourth-order valence-corrected chi connectivity index (χ4v) is 6.67. The number of aliphatic hydroxyl groups excluding tert-OH is 1. The number of hydrogen-bond donors (Lipinski definition) is 4. The maximum absolute atomic E-state index is 13.8. The van der Waals surface area contributed by atoms with Crippen LogP contribution >= 0.6 is 0 Å². The standard InChI is InChI=1S/C36H47F3N4O8S/c1-35(2,3)51-34(46)42-15-12-29(25(23-42)13-17-49-19-20-50-18-16-44)41-30-8-5-9-31-28(30)22-27(43(31)24-36(37,38)39)7-6-14-40-26-10-11-33(32(45)21-26)52(4,47)48/h5,8-11,21-22,25,29,40-41,44-45H,12-20,23-24H2,1-4H3. The average Bonchev–Trinajstić information content (AvgIpc) is 3.38. The maximum atomic E-state index is 13.8. The zero-order chi connectivity index (χ0) is 38.1. The van der Waals surface area contributed by atoms with Crippen LogP contribution in [-0.2, 0) is 30.6 Å². The third-order valence-electron chi connectivity index (χ3n) is 8.21. The summed E-state index contributed by atoms with van der Waals surface area (Å²) in [7, 11) is -3.62. The van der Waals surface area contributed by atoms with Crippen LogP contribution in [0.2, 0.25) is 0 Å². The van der Waals surface area contributed by atoms with Crippen LogP contribution in [0.15, 0.2) is 47.4 Å². The first kappa shape index (κ1) is 40.6. The smallest absolute Gasteiger partial charge is 0.410 e. The fraction of sp³-hybridized carbons (Fsp3) is 0.528. The zero-order valence-electron chi connectivity index (χ0n) is 29.8. The number of aromatic nitrogens is 1. The van der Waals surface area contributed by atoms with E-state index in [4.69, 9.17) is 19.3 Å². The highest BCUT2D eigenvalue weighted by atomic mass is 32.2. The molecule has 0 aliphatic carbocycles. The molecule has 0 bridgehead atoms. The first-order valence-corrected chi connectivity index (χ1v) is 18.8. The number of anilines is 2. The van der Waals surface area contributed by atoms with Gasteiger partial charge in [-0.25, -0.2) is 13.2 Å². The first-order valence-electron chi connectivity index (χ1n) is 16.9. The van der Waals surface area contributed by atoms with E-state index in [-0.39, 0.29) is 42.3 Å². The number of benzene rings is 2. The molecule has 2 heterocycles. The van der Waals surface area contributed by atoms with Gasteiger partial charge in [0.25, 0.3) is 0 Å². The Bertz CT molecular complexity index is 1850. The number of phenols is 1. The molecule has 1 aliphatic rings. The number of aromatic hydroxyl groups is 1. The summed E-state index contributed by atoms with van der Waals surface area (Å²) in [5.74, 6) is 5.16. The fourth-order valence-electron chi connectivity index (χ4n) is 5.91. The van der Waals surface area contributed by atoms with E-state index in [1.807, 2.05) is 0 Å². The lowest BCUT2D eigenvalue weighted by Crippen LogP contribution is -2.50. The van der Waals surface area contributed by atoms with Gasteiger partial charge < -0.3 is 44.5 Å². The lowest BCUT2D eigenvalue weighted by molar-refractivity contribution is -0.140. The Morgan fingerprint density at radius 1 is 1.06 bits per heavy atom. The molecule has 2 atom stereocenters. The Labute approximate surface area is 302 Å². The minimum Gasteiger partial charge on any atom is -0.507 e. The molecule has 12 nitrogen and oxygen atoms in total. The van der Waals surface area contributed by atoms with E-state index in [1.165, 1.54) is 18.2 Å². The number of piperidine rings is 1. The first-order chi connectivity index (χ1) is 24.4. The monoisotopic (exact) mass is 752 g/mol. The number of carbonyl (C=O) groups is 1. The van der Waals surface area contributed by atoms with Crippen LogP contribution in [-0.4, -0.2) is 111 Å². The molecule has 0 spiro atoms. The predicted molar refractivity (Wildman–Crippen MR) is 191 cm³/mol. The van der Waals surface area contributed by atoms with Gasteiger partial charge in [0.15, 0.2) is 9.84 Å². The third-order valence-corrected chi connectivity index (χ3v) is 9.35. The van der Waals surface area contributed by atoms with Gasteiger partial charge in [-0.2, -0.15) is 13.2 Å². The predicted octanol–water partition coefficient (Wildman–Crippen LogP) is 5.23. The number of nitrogens with zero attached hydrogens (tertiary/aromatic N) is 2. The van der Waals surface area contributed by atoms with Crippen LogP contribution in [0.4, 0.5) is 29.3 Å². The summed E-state index contributed by atoms with van der Waals surface area (Å²) >= 11 is 0. The lowest BCUT2D eigenvalue weighted by atomic mass is 9.89. The number of sulfone groups is 1. The number of alkyl halides is 3. The van der Waals surface area contributed by atoms with E-state index in [1.54, 1.807) is 49.9 Å². The van der Waals surface area contributed by atoms with Crippen LogP contribution in [0, 0.1) is 17.8 Å². The average molecular weight is 753 g/mol. The van der Waals surface area contributed by atoms with Gasteiger partial charge in [0.1, 0.15) is 22.8 Å². The van der Waals surface area contributed by atoms with Crippen molar-refractivity contribution in [2.24, 2.45) is 5.92 Å². The number of likely N-dealkylation sites (tertiary alicyclic amines) is 1. The number of rotatable bonds is 14. The van der Waals surface area contributed by atoms with E-state index in [9.17, 15) is 31.5 Å². The van der Waals surface area contributed by atoms with Gasteiger partial charge >= 0.3 is 12.3 Å². The molecular weight excluding hydrogens is 705 g/mol. The van der Waals surface area contributed by atoms with Gasteiger partial charge in [0.05, 0.1) is 44.2 Å². The second kappa shape index (κ2) is 17.6. The van der Waals surface area contributed by atoms with Gasteiger partial charge in [-0.15, -0.1) is 0 Å². The minimum absolute atomic E-state index is 0.00381. The topological polar surface area (TPSA) is 152 Å². The second-order valence-corrected chi connectivity index (χ2v) is 15.5. The quantitative estimate of drug-likeness (QED) is 0.127. The highest BCUT2D eigenvalue weighted by Crippen LogP contribution is 2.33. The second-order valence-electron chi connectivity index (χ2n) is 13.5. The van der Waals surface area contributed by atoms with Gasteiger partial charge in [-0.05, 0) is 75.8 Å². The molecule has 4 N–H and O–H groups in total. The molecule has 52 heavy (non-hydrogen) atoms. The van der Waals surface area contributed by atoms with Crippen molar-refractivity contribution in [1.29, 1.82) is 0 Å². The Kier molecular flexibility index (Phi) is 13.7. The number of fused-ring (bicyclic) bond motifs is 1. The largest absolute Gasteiger partial charge is 0.507 e. The lowest BCUT2D eigenvalue weighted by Gasteiger charge is -2.40. The van der Waals surface area contributed by atoms with Crippen molar-refractivity contribution in [2.45, 2.75) is 62.9 Å². The summed E-state index contributed by atoms with van der Waals surface area (Å²) in [5, 5.41) is 26.0. The third kappa shape index (κ3) is 11.9. The molecule has 2 unspecified atom stereocenters. The van der Waals surface area contributed by atoms with Crippen LogP contribution < -0.4 is 10.6 Å². The summed E-state index contributed by atoms with van der Waals surface area (Å²) in [6, 6.07) is 10.5. The molecule has 1 fully saturated rings. The molecule has 286 valence electrons. The van der Waals surface area contributed by atoms with Gasteiger partial charge in [0, 0.05) is 54.8 Å². The minimum atomic E-state index is -4.52. The number of halogens is 3. The summed E-state index contributed by atoms with van der Waals surface area (Å²) in [6.45, 7) is 6.16. The number of nitrogens with one attached hydrogen (secondary N) is 2. The summed E-state index contributed by atoms with van der Waals surface area (Å²) in [4.78, 5) is 14.4. The van der Waals surface area contributed by atoms with Gasteiger partial charge in [-0.3, -0.25) is 0 Å². The van der Waals surface area contributed by atoms with E-state index < -0.39 is 40.0 Å². The van der Waals surface area contributed by atoms with Crippen molar-refractivity contribution >= 4 is 38.2 Å². The molecule has 16 heteroatoms. The number of phenolic OH excluding ortho intramolecular Hbond substituents is 1. The van der Waals surface area contributed by atoms with Crippen molar-refractivity contribution in [3.63, 3.8) is 0 Å².